The van der Waals surface area contributed by atoms with E-state index in [-0.39, 0.29) is 17.1 Å². The van der Waals surface area contributed by atoms with E-state index in [9.17, 15) is 17.6 Å². The smallest absolute Gasteiger partial charge is 0.280 e. The van der Waals surface area contributed by atoms with Crippen molar-refractivity contribution in [2.75, 3.05) is 12.4 Å². The summed E-state index contributed by atoms with van der Waals surface area (Å²) < 4.78 is 44.1. The molecule has 1 fully saturated rings. The molecule has 0 aliphatic carbocycles. The van der Waals surface area contributed by atoms with Crippen LogP contribution in [0.2, 0.25) is 5.02 Å². The molecule has 9 nitrogen and oxygen atoms in total. The summed E-state index contributed by atoms with van der Waals surface area (Å²) in [4.78, 5) is 13.6. The number of aromatic nitrogens is 3. The maximum absolute atomic E-state index is 13.4. The van der Waals surface area contributed by atoms with Crippen molar-refractivity contribution >= 4 is 44.7 Å². The van der Waals surface area contributed by atoms with Gasteiger partial charge in [0, 0.05) is 35.6 Å². The van der Waals surface area contributed by atoms with Gasteiger partial charge in [0.1, 0.15) is 18.2 Å². The molecule has 2 atom stereocenters. The van der Waals surface area contributed by atoms with Crippen molar-refractivity contribution in [3.05, 3.63) is 51.7 Å². The van der Waals surface area contributed by atoms with E-state index in [2.05, 4.69) is 20.2 Å². The average molecular weight is 485 g/mol. The molecule has 4 rings (SSSR count). The van der Waals surface area contributed by atoms with Gasteiger partial charge in [0.2, 0.25) is 5.91 Å². The SMILES string of the molecule is CN1C(C(=O)Nc2ccc(F)c(Cl)c2)CC(c2cc(-c3nncn3C)cs2)NS1(=O)=O. The van der Waals surface area contributed by atoms with Crippen LogP contribution in [0.25, 0.3) is 11.4 Å². The number of amides is 1. The first-order valence-corrected chi connectivity index (χ1v) is 11.8. The minimum absolute atomic E-state index is 0.142. The van der Waals surface area contributed by atoms with Crippen LogP contribution in [0, 0.1) is 5.82 Å². The van der Waals surface area contributed by atoms with E-state index in [1.165, 1.54) is 30.5 Å². The predicted octanol–water partition coefficient (Wildman–Crippen LogP) is 2.55. The number of likely N-dealkylation sites (N-methyl/N-ethyl adjacent to an activating group) is 1. The molecule has 3 heterocycles. The third-order valence-electron chi connectivity index (χ3n) is 4.99. The molecule has 2 N–H and O–H groups in total. The van der Waals surface area contributed by atoms with Gasteiger partial charge >= 0.3 is 0 Å². The molecule has 2 unspecified atom stereocenters. The molecule has 31 heavy (non-hydrogen) atoms. The monoisotopic (exact) mass is 484 g/mol. The van der Waals surface area contributed by atoms with Crippen molar-refractivity contribution in [1.29, 1.82) is 0 Å². The molecule has 2 aromatic heterocycles. The van der Waals surface area contributed by atoms with E-state index in [4.69, 9.17) is 11.6 Å². The van der Waals surface area contributed by atoms with Crippen LogP contribution in [0.5, 0.6) is 0 Å². The number of halogens is 2. The van der Waals surface area contributed by atoms with E-state index in [0.29, 0.717) is 5.82 Å². The lowest BCUT2D eigenvalue weighted by Crippen LogP contribution is -2.55. The van der Waals surface area contributed by atoms with E-state index >= 15 is 0 Å². The quantitative estimate of drug-likeness (QED) is 0.591. The van der Waals surface area contributed by atoms with Gasteiger partial charge in [-0.15, -0.1) is 21.5 Å². The topological polar surface area (TPSA) is 109 Å². The van der Waals surface area contributed by atoms with Crippen LogP contribution in [0.3, 0.4) is 0 Å². The average Bonchev–Trinajstić information content (AvgIpc) is 3.35. The summed E-state index contributed by atoms with van der Waals surface area (Å²) in [5.41, 5.74) is 1.08. The molecule has 1 amide bonds. The van der Waals surface area contributed by atoms with Gasteiger partial charge in [0.25, 0.3) is 10.2 Å². The fraction of sp³-hybridized carbons (Fsp3) is 0.278. The van der Waals surface area contributed by atoms with Gasteiger partial charge in [-0.05, 0) is 30.7 Å². The lowest BCUT2D eigenvalue weighted by atomic mass is 10.0. The summed E-state index contributed by atoms with van der Waals surface area (Å²) in [6.45, 7) is 0. The summed E-state index contributed by atoms with van der Waals surface area (Å²) in [6.07, 6.45) is 1.78. The summed E-state index contributed by atoms with van der Waals surface area (Å²) in [6, 6.07) is 4.03. The molecule has 13 heteroatoms. The highest BCUT2D eigenvalue weighted by molar-refractivity contribution is 7.87. The van der Waals surface area contributed by atoms with Crippen molar-refractivity contribution < 1.29 is 17.6 Å². The van der Waals surface area contributed by atoms with Crippen molar-refractivity contribution in [1.82, 2.24) is 23.8 Å². The number of benzene rings is 1. The van der Waals surface area contributed by atoms with Gasteiger partial charge in [-0.3, -0.25) is 4.79 Å². The third-order valence-corrected chi connectivity index (χ3v) is 7.92. The zero-order valence-electron chi connectivity index (χ0n) is 16.4. The second kappa shape index (κ2) is 8.28. The van der Waals surface area contributed by atoms with Crippen molar-refractivity contribution in [2.45, 2.75) is 18.5 Å². The molecular weight excluding hydrogens is 467 g/mol. The number of aryl methyl sites for hydroxylation is 1. The Balaban J connectivity index is 1.58. The molecule has 0 saturated carbocycles. The number of hydrogen-bond acceptors (Lipinski definition) is 6. The Morgan fingerprint density at radius 3 is 2.81 bits per heavy atom. The van der Waals surface area contributed by atoms with Gasteiger partial charge in [-0.25, -0.2) is 4.39 Å². The van der Waals surface area contributed by atoms with Crippen LogP contribution in [-0.2, 0) is 22.1 Å². The van der Waals surface area contributed by atoms with Crippen LogP contribution in [0.4, 0.5) is 10.1 Å². The summed E-state index contributed by atoms with van der Waals surface area (Å²) in [5, 5.41) is 12.2. The van der Waals surface area contributed by atoms with E-state index in [1.54, 1.807) is 10.9 Å². The number of carbonyl (C=O) groups is 1. The molecule has 0 radical (unpaired) electrons. The molecule has 1 aromatic carbocycles. The Labute approximate surface area is 187 Å². The number of anilines is 1. The Hall–Kier alpha value is -2.38. The highest BCUT2D eigenvalue weighted by Crippen LogP contribution is 2.34. The fourth-order valence-electron chi connectivity index (χ4n) is 3.29. The Kier molecular flexibility index (Phi) is 5.83. The lowest BCUT2D eigenvalue weighted by molar-refractivity contribution is -0.120. The van der Waals surface area contributed by atoms with Gasteiger partial charge in [-0.2, -0.15) is 17.4 Å². The summed E-state index contributed by atoms with van der Waals surface area (Å²) in [7, 11) is -0.757. The van der Waals surface area contributed by atoms with Crippen LogP contribution in [0.15, 0.2) is 36.0 Å². The minimum Gasteiger partial charge on any atom is -0.325 e. The van der Waals surface area contributed by atoms with Crippen LogP contribution in [-0.4, -0.2) is 46.5 Å². The zero-order valence-corrected chi connectivity index (χ0v) is 18.8. The molecule has 164 valence electrons. The van der Waals surface area contributed by atoms with Crippen LogP contribution < -0.4 is 10.0 Å². The number of hydrogen-bond donors (Lipinski definition) is 2. The standard InChI is InChI=1S/C18H18ClFN6O3S2/c1-25-9-21-23-17(25)10-5-16(30-8-10)14-7-15(26(2)31(28,29)24-14)18(27)22-11-3-4-13(20)12(19)6-11/h3-6,8-9,14-15,24H,7H2,1-2H3,(H,22,27). The number of rotatable bonds is 4. The van der Waals surface area contributed by atoms with Crippen LogP contribution in [0.1, 0.15) is 17.3 Å². The Morgan fingerprint density at radius 2 is 2.13 bits per heavy atom. The molecule has 1 aliphatic rings. The normalized spacial score (nSPS) is 21.2. The van der Waals surface area contributed by atoms with Crippen molar-refractivity contribution in [3.63, 3.8) is 0 Å². The molecule has 1 aliphatic heterocycles. The van der Waals surface area contributed by atoms with Crippen molar-refractivity contribution in [2.24, 2.45) is 7.05 Å². The molecule has 3 aromatic rings. The molecule has 0 spiro atoms. The first-order chi connectivity index (χ1) is 14.7. The second-order valence-corrected chi connectivity index (χ2v) is 10.2. The maximum Gasteiger partial charge on any atom is 0.280 e. The van der Waals surface area contributed by atoms with Gasteiger partial charge < -0.3 is 9.88 Å². The number of thiophene rings is 1. The summed E-state index contributed by atoms with van der Waals surface area (Å²) >= 11 is 7.13. The van der Waals surface area contributed by atoms with E-state index in [0.717, 1.165) is 20.8 Å². The second-order valence-electron chi connectivity index (χ2n) is 7.06. The van der Waals surface area contributed by atoms with Crippen LogP contribution >= 0.6 is 22.9 Å². The zero-order chi connectivity index (χ0) is 22.3. The fourth-order valence-corrected chi connectivity index (χ4v) is 5.77. The minimum atomic E-state index is -3.90. The maximum atomic E-state index is 13.4. The third kappa shape index (κ3) is 4.34. The number of nitrogens with zero attached hydrogens (tertiary/aromatic N) is 4. The van der Waals surface area contributed by atoms with Gasteiger partial charge in [0.05, 0.1) is 11.1 Å². The highest BCUT2D eigenvalue weighted by atomic mass is 35.5. The number of carbonyl (C=O) groups excluding carboxylic acids is 1. The van der Waals surface area contributed by atoms with Gasteiger partial charge in [0.15, 0.2) is 5.82 Å². The van der Waals surface area contributed by atoms with E-state index in [1.807, 2.05) is 18.5 Å². The lowest BCUT2D eigenvalue weighted by Gasteiger charge is -2.35. The first-order valence-electron chi connectivity index (χ1n) is 9.09. The highest BCUT2D eigenvalue weighted by Gasteiger charge is 2.41. The first kappa shape index (κ1) is 21.8. The molecule has 1 saturated heterocycles. The Morgan fingerprint density at radius 1 is 1.35 bits per heavy atom. The van der Waals surface area contributed by atoms with E-state index < -0.39 is 34.0 Å². The largest absolute Gasteiger partial charge is 0.325 e. The number of nitrogens with one attached hydrogen (secondary N) is 2. The predicted molar refractivity (Wildman–Crippen MR) is 115 cm³/mol. The van der Waals surface area contributed by atoms with Crippen molar-refractivity contribution in [3.8, 4) is 11.4 Å². The summed E-state index contributed by atoms with van der Waals surface area (Å²) in [5.74, 6) is -0.496. The van der Waals surface area contributed by atoms with Gasteiger partial charge in [-0.1, -0.05) is 11.6 Å². The molecule has 0 bridgehead atoms. The Bertz CT molecular complexity index is 1240. The molecular formula is C18H18ClFN6O3S2.